The second kappa shape index (κ2) is 5.89. The van der Waals surface area contributed by atoms with E-state index >= 15 is 0 Å². The quantitative estimate of drug-likeness (QED) is 0.758. The van der Waals surface area contributed by atoms with Crippen molar-refractivity contribution in [3.05, 3.63) is 0 Å². The summed E-state index contributed by atoms with van der Waals surface area (Å²) in [5.41, 5.74) is -0.700. The van der Waals surface area contributed by atoms with Gasteiger partial charge in [-0.25, -0.2) is 9.59 Å². The molecule has 1 fully saturated rings. The van der Waals surface area contributed by atoms with Gasteiger partial charge < -0.3 is 14.9 Å². The van der Waals surface area contributed by atoms with Crippen LogP contribution in [0.3, 0.4) is 0 Å². The number of imide groups is 1. The van der Waals surface area contributed by atoms with E-state index in [2.05, 4.69) is 10.2 Å². The van der Waals surface area contributed by atoms with E-state index in [1.165, 1.54) is 6.92 Å². The van der Waals surface area contributed by atoms with Crippen LogP contribution in [0, 0.1) is 0 Å². The molecule has 8 nitrogen and oxygen atoms in total. The third kappa shape index (κ3) is 4.52. The maximum Gasteiger partial charge on any atom is 0.408 e. The van der Waals surface area contributed by atoms with Gasteiger partial charge in [0.2, 0.25) is 0 Å². The van der Waals surface area contributed by atoms with E-state index in [4.69, 9.17) is 4.74 Å². The molecule has 0 aromatic carbocycles. The van der Waals surface area contributed by atoms with E-state index in [0.29, 0.717) is 5.06 Å². The Kier molecular flexibility index (Phi) is 4.69. The van der Waals surface area contributed by atoms with E-state index in [1.807, 2.05) is 0 Å². The summed E-state index contributed by atoms with van der Waals surface area (Å²) in [6.45, 7) is 6.39. The SMILES string of the molecule is C[C@@H](NC(=O)OC(C)(C)C)C(=O)ON1C(=O)CCC1=O. The van der Waals surface area contributed by atoms with Crippen molar-refractivity contribution in [3.63, 3.8) is 0 Å². The number of carbonyl (C=O) groups is 4. The number of rotatable bonds is 3. The summed E-state index contributed by atoms with van der Waals surface area (Å²) in [7, 11) is 0. The minimum absolute atomic E-state index is 0.0139. The third-order valence-corrected chi connectivity index (χ3v) is 2.27. The highest BCUT2D eigenvalue weighted by molar-refractivity contribution is 6.01. The number of alkyl carbamates (subject to hydrolysis) is 1. The second-order valence-electron chi connectivity index (χ2n) is 5.36. The lowest BCUT2D eigenvalue weighted by atomic mass is 10.2. The summed E-state index contributed by atoms with van der Waals surface area (Å²) in [6.07, 6.45) is -0.763. The number of hydroxylamine groups is 2. The van der Waals surface area contributed by atoms with E-state index in [-0.39, 0.29) is 12.8 Å². The molecule has 1 aliphatic heterocycles. The average Bonchev–Trinajstić information content (AvgIpc) is 2.57. The van der Waals surface area contributed by atoms with Crippen LogP contribution in [0.1, 0.15) is 40.5 Å². The highest BCUT2D eigenvalue weighted by atomic mass is 16.7. The van der Waals surface area contributed by atoms with Gasteiger partial charge in [-0.3, -0.25) is 9.59 Å². The van der Waals surface area contributed by atoms with E-state index in [9.17, 15) is 19.2 Å². The van der Waals surface area contributed by atoms with Gasteiger partial charge in [-0.15, -0.1) is 5.06 Å². The summed E-state index contributed by atoms with van der Waals surface area (Å²) in [5.74, 6) is -2.07. The lowest BCUT2D eigenvalue weighted by molar-refractivity contribution is -0.198. The van der Waals surface area contributed by atoms with Crippen molar-refractivity contribution in [3.8, 4) is 0 Å². The van der Waals surface area contributed by atoms with Crippen molar-refractivity contribution >= 4 is 23.9 Å². The minimum Gasteiger partial charge on any atom is -0.444 e. The van der Waals surface area contributed by atoms with E-state index in [1.54, 1.807) is 20.8 Å². The number of nitrogens with zero attached hydrogens (tertiary/aromatic N) is 1. The highest BCUT2D eigenvalue weighted by Gasteiger charge is 2.34. The van der Waals surface area contributed by atoms with Gasteiger partial charge in [0, 0.05) is 12.8 Å². The molecule has 20 heavy (non-hydrogen) atoms. The van der Waals surface area contributed by atoms with Crippen molar-refractivity contribution in [2.45, 2.75) is 52.2 Å². The molecule has 1 rings (SSSR count). The van der Waals surface area contributed by atoms with Crippen molar-refractivity contribution in [2.24, 2.45) is 0 Å². The molecule has 3 amide bonds. The predicted molar refractivity (Wildman–Crippen MR) is 66.0 cm³/mol. The Hall–Kier alpha value is -2.12. The van der Waals surface area contributed by atoms with Gasteiger partial charge in [-0.2, -0.15) is 0 Å². The summed E-state index contributed by atoms with van der Waals surface area (Å²) >= 11 is 0. The Bertz CT molecular complexity index is 424. The van der Waals surface area contributed by atoms with Crippen LogP contribution in [0.25, 0.3) is 0 Å². The fourth-order valence-electron chi connectivity index (χ4n) is 1.37. The maximum absolute atomic E-state index is 11.7. The molecule has 0 saturated carbocycles. The van der Waals surface area contributed by atoms with Gasteiger partial charge in [0.1, 0.15) is 11.6 Å². The first kappa shape index (κ1) is 15.9. The van der Waals surface area contributed by atoms with Gasteiger partial charge in [-0.1, -0.05) is 0 Å². The largest absolute Gasteiger partial charge is 0.444 e. The first-order valence-electron chi connectivity index (χ1n) is 6.17. The Morgan fingerprint density at radius 2 is 1.70 bits per heavy atom. The third-order valence-electron chi connectivity index (χ3n) is 2.27. The topological polar surface area (TPSA) is 102 Å². The van der Waals surface area contributed by atoms with Crippen LogP contribution >= 0.6 is 0 Å². The van der Waals surface area contributed by atoms with E-state index < -0.39 is 35.5 Å². The summed E-state index contributed by atoms with van der Waals surface area (Å²) < 4.78 is 4.97. The number of hydrogen-bond acceptors (Lipinski definition) is 6. The van der Waals surface area contributed by atoms with Crippen LogP contribution in [0.2, 0.25) is 0 Å². The zero-order chi connectivity index (χ0) is 15.5. The van der Waals surface area contributed by atoms with Gasteiger partial charge >= 0.3 is 12.1 Å². The zero-order valence-electron chi connectivity index (χ0n) is 11.9. The number of carbonyl (C=O) groups excluding carboxylic acids is 4. The van der Waals surface area contributed by atoms with Crippen molar-refractivity contribution in [2.75, 3.05) is 0 Å². The minimum atomic E-state index is -1.05. The molecule has 0 unspecified atom stereocenters. The fourth-order valence-corrected chi connectivity index (χ4v) is 1.37. The normalized spacial score (nSPS) is 16.9. The average molecular weight is 286 g/mol. The molecule has 0 aromatic rings. The van der Waals surface area contributed by atoms with Crippen LogP contribution in [0.4, 0.5) is 4.79 Å². The Balaban J connectivity index is 2.49. The van der Waals surface area contributed by atoms with Gasteiger partial charge in [-0.05, 0) is 27.7 Å². The van der Waals surface area contributed by atoms with Crippen molar-refractivity contribution in [1.29, 1.82) is 0 Å². The number of ether oxygens (including phenoxy) is 1. The highest BCUT2D eigenvalue weighted by Crippen LogP contribution is 2.13. The molecule has 8 heteroatoms. The number of amides is 3. The fraction of sp³-hybridized carbons (Fsp3) is 0.667. The van der Waals surface area contributed by atoms with Gasteiger partial charge in [0.25, 0.3) is 11.8 Å². The zero-order valence-corrected chi connectivity index (χ0v) is 11.9. The van der Waals surface area contributed by atoms with Crippen molar-refractivity contribution in [1.82, 2.24) is 10.4 Å². The lowest BCUT2D eigenvalue weighted by Crippen LogP contribution is -2.45. The summed E-state index contributed by atoms with van der Waals surface area (Å²) in [6, 6.07) is -1.05. The summed E-state index contributed by atoms with van der Waals surface area (Å²) in [4.78, 5) is 50.3. The Morgan fingerprint density at radius 1 is 1.20 bits per heavy atom. The predicted octanol–water partition coefficient (Wildman–Crippen LogP) is 0.507. The molecular weight excluding hydrogens is 268 g/mol. The molecule has 0 aliphatic carbocycles. The Labute approximate surface area is 116 Å². The van der Waals surface area contributed by atoms with Crippen molar-refractivity contribution < 1.29 is 28.8 Å². The second-order valence-corrected chi connectivity index (χ2v) is 5.36. The lowest BCUT2D eigenvalue weighted by Gasteiger charge is -2.22. The van der Waals surface area contributed by atoms with Crippen LogP contribution in [-0.4, -0.2) is 40.6 Å². The molecule has 1 N–H and O–H groups in total. The van der Waals surface area contributed by atoms with E-state index in [0.717, 1.165) is 0 Å². The smallest absolute Gasteiger partial charge is 0.408 e. The van der Waals surface area contributed by atoms with Gasteiger partial charge in [0.15, 0.2) is 0 Å². The molecule has 1 heterocycles. The molecule has 112 valence electrons. The summed E-state index contributed by atoms with van der Waals surface area (Å²) in [5, 5.41) is 2.68. The van der Waals surface area contributed by atoms with Gasteiger partial charge in [0.05, 0.1) is 0 Å². The maximum atomic E-state index is 11.7. The first-order valence-corrected chi connectivity index (χ1v) is 6.17. The standard InChI is InChI=1S/C12H18N2O6/c1-7(13-11(18)19-12(2,3)4)10(17)20-14-8(15)5-6-9(14)16/h7H,5-6H2,1-4H3,(H,13,18)/t7-/m1/s1. The molecular formula is C12H18N2O6. The van der Waals surface area contributed by atoms with Crippen LogP contribution in [0.15, 0.2) is 0 Å². The molecule has 0 spiro atoms. The first-order chi connectivity index (χ1) is 9.10. The molecule has 1 aliphatic rings. The van der Waals surface area contributed by atoms with Crippen LogP contribution < -0.4 is 5.32 Å². The monoisotopic (exact) mass is 286 g/mol. The molecule has 1 saturated heterocycles. The molecule has 0 radical (unpaired) electrons. The number of nitrogens with one attached hydrogen (secondary N) is 1. The van der Waals surface area contributed by atoms with Crippen LogP contribution in [0.5, 0.6) is 0 Å². The van der Waals surface area contributed by atoms with Crippen LogP contribution in [-0.2, 0) is 24.0 Å². The molecule has 0 bridgehead atoms. The molecule has 1 atom stereocenters. The number of hydrogen-bond donors (Lipinski definition) is 1. The molecule has 0 aromatic heterocycles. The Morgan fingerprint density at radius 3 is 2.15 bits per heavy atom.